The molecule has 0 spiro atoms. The molecule has 2 rings (SSSR count). The fraction of sp³-hybridized carbons (Fsp3) is 0.0714. The molecule has 2 aromatic carbocycles. The van der Waals surface area contributed by atoms with Crippen LogP contribution in [0, 0.1) is 3.57 Å². The number of benzene rings is 2. The van der Waals surface area contributed by atoms with Crippen LogP contribution in [0.1, 0.15) is 5.56 Å². The molecule has 0 unspecified atom stereocenters. The number of rotatable bonds is 3. The summed E-state index contributed by atoms with van der Waals surface area (Å²) in [6.45, 7) is 0. The molecule has 5 heteroatoms. The third kappa shape index (κ3) is 4.37. The van der Waals surface area contributed by atoms with Crippen molar-refractivity contribution in [2.24, 2.45) is 0 Å². The van der Waals surface area contributed by atoms with Crippen LogP contribution in [0.5, 0.6) is 0 Å². The van der Waals surface area contributed by atoms with Crippen molar-refractivity contribution in [3.63, 3.8) is 0 Å². The maximum atomic E-state index is 11.9. The van der Waals surface area contributed by atoms with E-state index in [1.807, 2.05) is 18.2 Å². The molecule has 19 heavy (non-hydrogen) atoms. The second kappa shape index (κ2) is 6.59. The third-order valence-corrected chi connectivity index (χ3v) is 3.72. The molecule has 0 aliphatic rings. The van der Waals surface area contributed by atoms with E-state index < -0.39 is 0 Å². The molecule has 0 aliphatic carbocycles. The Morgan fingerprint density at radius 1 is 1.11 bits per heavy atom. The van der Waals surface area contributed by atoms with Gasteiger partial charge in [0.1, 0.15) is 0 Å². The molecule has 0 aliphatic heterocycles. The summed E-state index contributed by atoms with van der Waals surface area (Å²) in [6, 6.07) is 12.7. The molecule has 98 valence electrons. The van der Waals surface area contributed by atoms with E-state index in [0.29, 0.717) is 22.2 Å². The van der Waals surface area contributed by atoms with Crippen molar-refractivity contribution >= 4 is 57.4 Å². The van der Waals surface area contributed by atoms with Gasteiger partial charge < -0.3 is 5.32 Å². The molecule has 1 N–H and O–H groups in total. The molecule has 2 nitrogen and oxygen atoms in total. The van der Waals surface area contributed by atoms with E-state index in [-0.39, 0.29) is 5.91 Å². The van der Waals surface area contributed by atoms with Crippen molar-refractivity contribution in [3.05, 3.63) is 61.6 Å². The smallest absolute Gasteiger partial charge is 0.228 e. The van der Waals surface area contributed by atoms with E-state index in [1.54, 1.807) is 24.3 Å². The fourth-order valence-electron chi connectivity index (χ4n) is 1.57. The van der Waals surface area contributed by atoms with Crippen LogP contribution in [0.4, 0.5) is 5.69 Å². The Labute approximate surface area is 135 Å². The highest BCUT2D eigenvalue weighted by Crippen LogP contribution is 2.24. The number of nitrogens with one attached hydrogen (secondary N) is 1. The van der Waals surface area contributed by atoms with Crippen LogP contribution in [0.2, 0.25) is 10.0 Å². The number of carbonyl (C=O) groups excluding carboxylic acids is 1. The Morgan fingerprint density at radius 2 is 1.79 bits per heavy atom. The lowest BCUT2D eigenvalue weighted by molar-refractivity contribution is -0.115. The normalized spacial score (nSPS) is 10.3. The molecular formula is C14H10Cl2INO. The van der Waals surface area contributed by atoms with Crippen molar-refractivity contribution in [2.75, 3.05) is 5.32 Å². The Hall–Kier alpha value is -0.780. The van der Waals surface area contributed by atoms with Gasteiger partial charge in [-0.15, -0.1) is 0 Å². The molecular weight excluding hydrogens is 396 g/mol. The molecule has 0 radical (unpaired) electrons. The second-order valence-electron chi connectivity index (χ2n) is 3.98. The van der Waals surface area contributed by atoms with Crippen LogP contribution in [-0.4, -0.2) is 5.91 Å². The van der Waals surface area contributed by atoms with Gasteiger partial charge >= 0.3 is 0 Å². The van der Waals surface area contributed by atoms with Crippen molar-refractivity contribution in [2.45, 2.75) is 6.42 Å². The summed E-state index contributed by atoms with van der Waals surface area (Å²) in [7, 11) is 0. The molecule has 0 fully saturated rings. The Balaban J connectivity index is 2.03. The van der Waals surface area contributed by atoms with Gasteiger partial charge in [-0.25, -0.2) is 0 Å². The number of carbonyl (C=O) groups is 1. The SMILES string of the molecule is O=C(Cc1ccc(Cl)cc1)Nc1ccc(I)cc1Cl. The standard InChI is InChI=1S/C14H10Cl2INO/c15-10-3-1-9(2-4-10)7-14(19)18-13-6-5-11(17)8-12(13)16/h1-6,8H,7H2,(H,18,19). The Kier molecular flexibility index (Phi) is 5.07. The van der Waals surface area contributed by atoms with Gasteiger partial charge in [-0.3, -0.25) is 4.79 Å². The van der Waals surface area contributed by atoms with Crippen LogP contribution in [-0.2, 0) is 11.2 Å². The number of hydrogen-bond acceptors (Lipinski definition) is 1. The Morgan fingerprint density at radius 3 is 2.42 bits per heavy atom. The van der Waals surface area contributed by atoms with Crippen LogP contribution in [0.15, 0.2) is 42.5 Å². The van der Waals surface area contributed by atoms with Crippen molar-refractivity contribution in [1.82, 2.24) is 0 Å². The first-order chi connectivity index (χ1) is 9.04. The van der Waals surface area contributed by atoms with Gasteiger partial charge in [-0.1, -0.05) is 35.3 Å². The molecule has 1 amide bonds. The molecule has 0 saturated heterocycles. The van der Waals surface area contributed by atoms with Gasteiger partial charge in [0.2, 0.25) is 5.91 Å². The highest BCUT2D eigenvalue weighted by molar-refractivity contribution is 14.1. The summed E-state index contributed by atoms with van der Waals surface area (Å²) < 4.78 is 1.03. The highest BCUT2D eigenvalue weighted by Gasteiger charge is 2.07. The molecule has 2 aromatic rings. The summed E-state index contributed by atoms with van der Waals surface area (Å²) in [5.74, 6) is -0.106. The van der Waals surface area contributed by atoms with Crippen LogP contribution < -0.4 is 5.32 Å². The molecule has 0 atom stereocenters. The zero-order chi connectivity index (χ0) is 13.8. The lowest BCUT2D eigenvalue weighted by atomic mass is 10.1. The van der Waals surface area contributed by atoms with E-state index in [1.165, 1.54) is 0 Å². The van der Waals surface area contributed by atoms with E-state index in [9.17, 15) is 4.79 Å². The zero-order valence-corrected chi connectivity index (χ0v) is 13.5. The summed E-state index contributed by atoms with van der Waals surface area (Å²) in [5, 5.41) is 3.99. The summed E-state index contributed by atoms with van der Waals surface area (Å²) in [5.41, 5.74) is 1.53. The Bertz CT molecular complexity index is 599. The van der Waals surface area contributed by atoms with Gasteiger partial charge in [0, 0.05) is 8.59 Å². The van der Waals surface area contributed by atoms with Gasteiger partial charge in [0.05, 0.1) is 17.1 Å². The molecule has 0 bridgehead atoms. The molecule has 0 saturated carbocycles. The largest absolute Gasteiger partial charge is 0.324 e. The number of anilines is 1. The average Bonchev–Trinajstić information content (AvgIpc) is 2.36. The second-order valence-corrected chi connectivity index (χ2v) is 6.06. The number of halogens is 3. The van der Waals surface area contributed by atoms with Crippen molar-refractivity contribution in [1.29, 1.82) is 0 Å². The molecule has 0 heterocycles. The van der Waals surface area contributed by atoms with Gasteiger partial charge in [-0.2, -0.15) is 0 Å². The van der Waals surface area contributed by atoms with E-state index in [4.69, 9.17) is 23.2 Å². The predicted molar refractivity (Wildman–Crippen MR) is 88.0 cm³/mol. The minimum Gasteiger partial charge on any atom is -0.324 e. The first-order valence-corrected chi connectivity index (χ1v) is 7.37. The lowest BCUT2D eigenvalue weighted by Gasteiger charge is -2.07. The maximum absolute atomic E-state index is 11.9. The summed E-state index contributed by atoms with van der Waals surface area (Å²) >= 11 is 14.0. The summed E-state index contributed by atoms with van der Waals surface area (Å²) in [4.78, 5) is 11.9. The third-order valence-electron chi connectivity index (χ3n) is 2.48. The topological polar surface area (TPSA) is 29.1 Å². The monoisotopic (exact) mass is 405 g/mol. The number of amides is 1. The van der Waals surface area contributed by atoms with Crippen LogP contribution in [0.25, 0.3) is 0 Å². The van der Waals surface area contributed by atoms with E-state index in [0.717, 1.165) is 9.13 Å². The minimum absolute atomic E-state index is 0.106. The lowest BCUT2D eigenvalue weighted by Crippen LogP contribution is -2.14. The van der Waals surface area contributed by atoms with Gasteiger partial charge in [0.15, 0.2) is 0 Å². The average molecular weight is 406 g/mol. The first kappa shape index (κ1) is 14.6. The predicted octanol–water partition coefficient (Wildman–Crippen LogP) is 4.78. The van der Waals surface area contributed by atoms with Crippen LogP contribution >= 0.6 is 45.8 Å². The highest BCUT2D eigenvalue weighted by atomic mass is 127. The van der Waals surface area contributed by atoms with Crippen molar-refractivity contribution < 1.29 is 4.79 Å². The van der Waals surface area contributed by atoms with Crippen molar-refractivity contribution in [3.8, 4) is 0 Å². The minimum atomic E-state index is -0.106. The maximum Gasteiger partial charge on any atom is 0.228 e. The molecule has 0 aromatic heterocycles. The number of hydrogen-bond donors (Lipinski definition) is 1. The van der Waals surface area contributed by atoms with E-state index >= 15 is 0 Å². The van der Waals surface area contributed by atoms with Gasteiger partial charge in [-0.05, 0) is 58.5 Å². The summed E-state index contributed by atoms with van der Waals surface area (Å²) in [6.07, 6.45) is 0.291. The van der Waals surface area contributed by atoms with E-state index in [2.05, 4.69) is 27.9 Å². The quantitative estimate of drug-likeness (QED) is 0.731. The fourth-order valence-corrected chi connectivity index (χ4v) is 2.60. The zero-order valence-electron chi connectivity index (χ0n) is 9.79. The van der Waals surface area contributed by atoms with Gasteiger partial charge in [0.25, 0.3) is 0 Å². The van der Waals surface area contributed by atoms with Crippen LogP contribution in [0.3, 0.4) is 0 Å². The first-order valence-electron chi connectivity index (χ1n) is 5.54.